The molecule has 0 aliphatic heterocycles. The molecule has 1 aliphatic carbocycles. The predicted octanol–water partition coefficient (Wildman–Crippen LogP) is 2.44. The lowest BCUT2D eigenvalue weighted by molar-refractivity contribution is -0.163. The monoisotopic (exact) mass is 452 g/mol. The lowest BCUT2D eigenvalue weighted by Gasteiger charge is -2.34. The number of nitrogens with zero attached hydrogens (tertiary/aromatic N) is 1. The van der Waals surface area contributed by atoms with Crippen LogP contribution in [0.15, 0.2) is 54.6 Å². The van der Waals surface area contributed by atoms with Crippen LogP contribution in [0.3, 0.4) is 0 Å². The summed E-state index contributed by atoms with van der Waals surface area (Å²) in [4.78, 5) is 39.4. The Morgan fingerprint density at radius 2 is 1.61 bits per heavy atom. The SMILES string of the molecule is CCOC(=O)[C@H](CCc1ccccc1)N(CC(=O)OC(=O)[C@H](C)N)C1Cc2ccccc2C1. The summed E-state index contributed by atoms with van der Waals surface area (Å²) in [6.07, 6.45) is 2.52. The number of carbonyl (C=O) groups is 3. The minimum absolute atomic E-state index is 0.0921. The van der Waals surface area contributed by atoms with Crippen molar-refractivity contribution in [1.82, 2.24) is 4.90 Å². The maximum absolute atomic E-state index is 13.0. The highest BCUT2D eigenvalue weighted by atomic mass is 16.6. The Balaban J connectivity index is 1.84. The highest BCUT2D eigenvalue weighted by molar-refractivity contribution is 5.89. The number of nitrogens with two attached hydrogens (primary N) is 1. The number of aryl methyl sites for hydroxylation is 1. The molecule has 0 saturated carbocycles. The van der Waals surface area contributed by atoms with E-state index in [0.29, 0.717) is 25.7 Å². The molecular formula is C26H32N2O5. The van der Waals surface area contributed by atoms with Gasteiger partial charge in [-0.25, -0.2) is 4.79 Å². The first-order valence-corrected chi connectivity index (χ1v) is 11.4. The Morgan fingerprint density at radius 1 is 1.00 bits per heavy atom. The molecule has 0 heterocycles. The normalized spacial score (nSPS) is 15.0. The molecule has 0 saturated heterocycles. The summed E-state index contributed by atoms with van der Waals surface area (Å²) in [6.45, 7) is 3.27. The standard InChI is InChI=1S/C26H32N2O5/c1-3-32-26(31)23(14-13-19-9-5-4-6-10-19)28(17-24(29)33-25(30)18(2)27)22-15-20-11-7-8-12-21(20)16-22/h4-12,18,22-23H,3,13-17,27H2,1-2H3/t18-,23-/m0/s1. The maximum Gasteiger partial charge on any atom is 0.330 e. The number of ether oxygens (including phenoxy) is 2. The Morgan fingerprint density at radius 3 is 2.18 bits per heavy atom. The van der Waals surface area contributed by atoms with Crippen molar-refractivity contribution in [3.05, 3.63) is 71.3 Å². The van der Waals surface area contributed by atoms with Crippen molar-refractivity contribution in [3.8, 4) is 0 Å². The molecule has 2 N–H and O–H groups in total. The zero-order valence-electron chi connectivity index (χ0n) is 19.2. The van der Waals surface area contributed by atoms with Gasteiger partial charge in [0, 0.05) is 6.04 Å². The number of carbonyl (C=O) groups excluding carboxylic acids is 3. The number of hydrogen-bond donors (Lipinski definition) is 1. The van der Waals surface area contributed by atoms with Gasteiger partial charge < -0.3 is 15.2 Å². The number of rotatable bonds is 10. The number of benzene rings is 2. The molecule has 0 radical (unpaired) electrons. The molecule has 1 aliphatic rings. The van der Waals surface area contributed by atoms with E-state index in [2.05, 4.69) is 12.1 Å². The van der Waals surface area contributed by atoms with E-state index in [0.717, 1.165) is 5.56 Å². The van der Waals surface area contributed by atoms with Crippen molar-refractivity contribution >= 4 is 17.9 Å². The third kappa shape index (κ3) is 6.73. The molecule has 2 atom stereocenters. The van der Waals surface area contributed by atoms with Gasteiger partial charge in [0.25, 0.3) is 0 Å². The van der Waals surface area contributed by atoms with E-state index in [1.165, 1.54) is 18.1 Å². The first-order valence-electron chi connectivity index (χ1n) is 11.4. The van der Waals surface area contributed by atoms with Gasteiger partial charge >= 0.3 is 17.9 Å². The summed E-state index contributed by atoms with van der Waals surface area (Å²) in [5, 5.41) is 0. The van der Waals surface area contributed by atoms with E-state index < -0.39 is 24.0 Å². The van der Waals surface area contributed by atoms with Crippen LogP contribution >= 0.6 is 0 Å². The number of hydrogen-bond acceptors (Lipinski definition) is 7. The molecule has 0 bridgehead atoms. The van der Waals surface area contributed by atoms with E-state index in [9.17, 15) is 14.4 Å². The molecule has 0 spiro atoms. The molecule has 33 heavy (non-hydrogen) atoms. The molecule has 2 aromatic carbocycles. The highest BCUT2D eigenvalue weighted by Crippen LogP contribution is 2.28. The zero-order chi connectivity index (χ0) is 23.8. The third-order valence-corrected chi connectivity index (χ3v) is 5.90. The van der Waals surface area contributed by atoms with Gasteiger partial charge in [0.05, 0.1) is 13.2 Å². The van der Waals surface area contributed by atoms with Crippen LogP contribution in [-0.2, 0) is 43.1 Å². The molecule has 0 amide bonds. The van der Waals surface area contributed by atoms with Crippen molar-refractivity contribution in [2.75, 3.05) is 13.2 Å². The molecular weight excluding hydrogens is 420 g/mol. The van der Waals surface area contributed by atoms with E-state index in [-0.39, 0.29) is 25.2 Å². The van der Waals surface area contributed by atoms with Gasteiger partial charge in [-0.1, -0.05) is 54.6 Å². The Kier molecular flexibility index (Phi) is 8.74. The van der Waals surface area contributed by atoms with Gasteiger partial charge in [0.1, 0.15) is 12.1 Å². The van der Waals surface area contributed by atoms with Crippen LogP contribution in [0.5, 0.6) is 0 Å². The van der Waals surface area contributed by atoms with E-state index in [1.54, 1.807) is 6.92 Å². The highest BCUT2D eigenvalue weighted by Gasteiger charge is 2.37. The van der Waals surface area contributed by atoms with Crippen molar-refractivity contribution < 1.29 is 23.9 Å². The predicted molar refractivity (Wildman–Crippen MR) is 124 cm³/mol. The first kappa shape index (κ1) is 24.6. The lowest BCUT2D eigenvalue weighted by Crippen LogP contribution is -2.51. The summed E-state index contributed by atoms with van der Waals surface area (Å²) in [5.41, 5.74) is 9.02. The fourth-order valence-electron chi connectivity index (χ4n) is 4.26. The van der Waals surface area contributed by atoms with Gasteiger partial charge in [0.2, 0.25) is 0 Å². The van der Waals surface area contributed by atoms with Crippen molar-refractivity contribution in [3.63, 3.8) is 0 Å². The largest absolute Gasteiger partial charge is 0.465 e. The van der Waals surface area contributed by atoms with Gasteiger partial charge in [-0.15, -0.1) is 0 Å². The molecule has 3 rings (SSSR count). The average Bonchev–Trinajstić information content (AvgIpc) is 3.23. The average molecular weight is 453 g/mol. The van der Waals surface area contributed by atoms with Crippen LogP contribution in [0.2, 0.25) is 0 Å². The van der Waals surface area contributed by atoms with Gasteiger partial charge in [-0.05, 0) is 56.2 Å². The Bertz CT molecular complexity index is 935. The second kappa shape index (κ2) is 11.7. The van der Waals surface area contributed by atoms with Crippen LogP contribution in [0.1, 0.15) is 37.0 Å². The van der Waals surface area contributed by atoms with Crippen LogP contribution < -0.4 is 5.73 Å². The van der Waals surface area contributed by atoms with E-state index in [4.69, 9.17) is 15.2 Å². The molecule has 0 unspecified atom stereocenters. The number of esters is 3. The van der Waals surface area contributed by atoms with Crippen LogP contribution in [0.25, 0.3) is 0 Å². The topological polar surface area (TPSA) is 98.9 Å². The van der Waals surface area contributed by atoms with Gasteiger partial charge in [-0.2, -0.15) is 0 Å². The van der Waals surface area contributed by atoms with Crippen LogP contribution in [0, 0.1) is 0 Å². The summed E-state index contributed by atoms with van der Waals surface area (Å²) < 4.78 is 10.3. The second-order valence-electron chi connectivity index (χ2n) is 8.38. The molecule has 7 nitrogen and oxygen atoms in total. The smallest absolute Gasteiger partial charge is 0.330 e. The third-order valence-electron chi connectivity index (χ3n) is 5.90. The van der Waals surface area contributed by atoms with Gasteiger partial charge in [-0.3, -0.25) is 14.5 Å². The van der Waals surface area contributed by atoms with Crippen molar-refractivity contribution in [2.24, 2.45) is 5.73 Å². The van der Waals surface area contributed by atoms with Gasteiger partial charge in [0.15, 0.2) is 0 Å². The van der Waals surface area contributed by atoms with Crippen LogP contribution in [0.4, 0.5) is 0 Å². The number of fused-ring (bicyclic) bond motifs is 1. The minimum Gasteiger partial charge on any atom is -0.465 e. The van der Waals surface area contributed by atoms with Crippen molar-refractivity contribution in [1.29, 1.82) is 0 Å². The fraction of sp³-hybridized carbons (Fsp3) is 0.423. The lowest BCUT2D eigenvalue weighted by atomic mass is 10.0. The van der Waals surface area contributed by atoms with E-state index >= 15 is 0 Å². The van der Waals surface area contributed by atoms with E-state index in [1.807, 2.05) is 47.4 Å². The van der Waals surface area contributed by atoms with Crippen LogP contribution in [-0.4, -0.2) is 54.1 Å². The zero-order valence-corrected chi connectivity index (χ0v) is 19.2. The fourth-order valence-corrected chi connectivity index (χ4v) is 4.26. The Labute approximate surface area is 194 Å². The maximum atomic E-state index is 13.0. The molecule has 176 valence electrons. The van der Waals surface area contributed by atoms with Crippen molar-refractivity contribution in [2.45, 2.75) is 57.7 Å². The molecule has 2 aromatic rings. The molecule has 0 aromatic heterocycles. The summed E-state index contributed by atoms with van der Waals surface area (Å²) in [5.74, 6) is -1.88. The Hall–Kier alpha value is -3.03. The minimum atomic E-state index is -0.905. The molecule has 7 heteroatoms. The second-order valence-corrected chi connectivity index (χ2v) is 8.38. The summed E-state index contributed by atoms with van der Waals surface area (Å²) >= 11 is 0. The summed E-state index contributed by atoms with van der Waals surface area (Å²) in [6, 6.07) is 16.3. The summed E-state index contributed by atoms with van der Waals surface area (Å²) in [7, 11) is 0. The first-order chi connectivity index (χ1) is 15.9. The molecule has 0 fully saturated rings. The quantitative estimate of drug-likeness (QED) is 0.437.